The Balaban J connectivity index is 1.95. The van der Waals surface area contributed by atoms with Gasteiger partial charge in [0.05, 0.1) is 20.9 Å². The van der Waals surface area contributed by atoms with Gasteiger partial charge in [0, 0.05) is 0 Å². The van der Waals surface area contributed by atoms with Crippen molar-refractivity contribution in [2.45, 2.75) is 6.92 Å². The molecule has 0 fully saturated rings. The molecule has 5 nitrogen and oxygen atoms in total. The van der Waals surface area contributed by atoms with E-state index in [1.807, 2.05) is 43.3 Å². The topological polar surface area (TPSA) is 74.9 Å². The molecule has 0 spiro atoms. The number of aromatic nitrogens is 1. The number of para-hydroxylation sites is 2. The minimum Gasteiger partial charge on any atom is -0.320 e. The van der Waals surface area contributed by atoms with Crippen LogP contribution in [-0.4, -0.2) is 10.5 Å². The fraction of sp³-hybridized carbons (Fsp3) is 0.0385. The number of nitriles is 1. The van der Waals surface area contributed by atoms with Crippen LogP contribution in [0.5, 0.6) is 0 Å². The van der Waals surface area contributed by atoms with E-state index in [0.717, 1.165) is 22.5 Å². The second-order valence-corrected chi connectivity index (χ2v) is 8.66. The molecule has 0 radical (unpaired) electrons. The van der Waals surface area contributed by atoms with Crippen LogP contribution < -0.4 is 20.1 Å². The highest BCUT2D eigenvalue weighted by atomic mass is 35.5. The summed E-state index contributed by atoms with van der Waals surface area (Å²) in [6.07, 6.45) is 1.76. The lowest BCUT2D eigenvalue weighted by Gasteiger charge is -2.07. The Morgan fingerprint density at radius 1 is 1.03 bits per heavy atom. The first-order chi connectivity index (χ1) is 16.0. The highest BCUT2D eigenvalue weighted by Gasteiger charge is 2.18. The summed E-state index contributed by atoms with van der Waals surface area (Å²) in [5, 5.41) is 12.9. The van der Waals surface area contributed by atoms with Crippen molar-refractivity contribution in [1.29, 1.82) is 5.26 Å². The molecule has 0 saturated carbocycles. The van der Waals surface area contributed by atoms with Gasteiger partial charge in [-0.3, -0.25) is 14.2 Å². The number of carbonyl (C=O) groups excluding carboxylic acids is 1. The maximum Gasteiger partial charge on any atom is 0.273 e. The largest absolute Gasteiger partial charge is 0.320 e. The zero-order chi connectivity index (χ0) is 23.4. The number of anilines is 1. The average molecular weight is 472 g/mol. The van der Waals surface area contributed by atoms with Crippen LogP contribution in [0.4, 0.5) is 5.69 Å². The highest BCUT2D eigenvalue weighted by Crippen LogP contribution is 2.21. The Morgan fingerprint density at radius 2 is 1.70 bits per heavy atom. The highest BCUT2D eigenvalue weighted by molar-refractivity contribution is 7.07. The van der Waals surface area contributed by atoms with Gasteiger partial charge in [0.15, 0.2) is 5.57 Å². The summed E-state index contributed by atoms with van der Waals surface area (Å²) in [6, 6.07) is 25.4. The number of aryl methyl sites for hydroxylation is 1. The zero-order valence-corrected chi connectivity index (χ0v) is 19.2. The maximum absolute atomic E-state index is 13.4. The summed E-state index contributed by atoms with van der Waals surface area (Å²) in [5.74, 6) is -0.640. The molecule has 4 aromatic rings. The van der Waals surface area contributed by atoms with E-state index in [0.29, 0.717) is 20.9 Å². The van der Waals surface area contributed by atoms with Crippen molar-refractivity contribution in [3.05, 3.63) is 115 Å². The Bertz CT molecular complexity index is 1550. The number of carbonyl (C=O) groups is 1. The van der Waals surface area contributed by atoms with Crippen LogP contribution in [0.15, 0.2) is 83.7 Å². The Hall–Kier alpha value is -3.92. The van der Waals surface area contributed by atoms with E-state index >= 15 is 0 Å². The molecular formula is C26H18ClN3O2S. The molecule has 1 aromatic heterocycles. The van der Waals surface area contributed by atoms with Gasteiger partial charge in [0.1, 0.15) is 10.7 Å². The molecule has 0 aliphatic carbocycles. The number of nitrogens with zero attached hydrogens (tertiary/aromatic N) is 2. The van der Waals surface area contributed by atoms with Gasteiger partial charge in [-0.15, -0.1) is 11.3 Å². The second-order valence-electron chi connectivity index (χ2n) is 7.22. The number of rotatable bonds is 4. The van der Waals surface area contributed by atoms with Gasteiger partial charge in [-0.25, -0.2) is 0 Å². The van der Waals surface area contributed by atoms with Crippen molar-refractivity contribution in [2.24, 2.45) is 0 Å². The van der Waals surface area contributed by atoms with Crippen molar-refractivity contribution in [2.75, 3.05) is 5.32 Å². The summed E-state index contributed by atoms with van der Waals surface area (Å²) in [6.45, 7) is 1.99. The first-order valence-corrected chi connectivity index (χ1v) is 11.2. The molecule has 162 valence electrons. The fourth-order valence-corrected chi connectivity index (χ4v) is 4.50. The van der Waals surface area contributed by atoms with Crippen LogP contribution in [0.25, 0.3) is 17.3 Å². The Labute approximate surface area is 199 Å². The monoisotopic (exact) mass is 471 g/mol. The van der Waals surface area contributed by atoms with Crippen molar-refractivity contribution in [3.8, 4) is 11.8 Å². The van der Waals surface area contributed by atoms with Crippen molar-refractivity contribution >= 4 is 46.2 Å². The van der Waals surface area contributed by atoms with E-state index in [9.17, 15) is 14.9 Å². The lowest BCUT2D eigenvalue weighted by atomic mass is 10.1. The summed E-state index contributed by atoms with van der Waals surface area (Å²) in [7, 11) is 0. The molecule has 1 amide bonds. The number of amides is 1. The lowest BCUT2D eigenvalue weighted by Crippen LogP contribution is -2.32. The molecule has 33 heavy (non-hydrogen) atoms. The van der Waals surface area contributed by atoms with E-state index in [4.69, 9.17) is 11.6 Å². The smallest absolute Gasteiger partial charge is 0.273 e. The number of benzene rings is 3. The van der Waals surface area contributed by atoms with Gasteiger partial charge in [-0.1, -0.05) is 71.8 Å². The molecule has 7 heteroatoms. The van der Waals surface area contributed by atoms with Crippen LogP contribution in [0.3, 0.4) is 0 Å². The van der Waals surface area contributed by atoms with Gasteiger partial charge in [-0.05, 0) is 42.8 Å². The molecule has 3 aromatic carbocycles. The standard InChI is InChI=1S/C26H18ClN3O2S/c1-17-11-13-18(14-12-17)15-23-25(32)30(19-7-3-2-4-8-19)26(33-23)20(16-28)24(31)29-22-10-6-5-9-21(22)27/h2-15H,1H3,(H,29,31). The third kappa shape index (κ3) is 4.80. The maximum atomic E-state index is 13.4. The van der Waals surface area contributed by atoms with Crippen molar-refractivity contribution in [3.63, 3.8) is 0 Å². The van der Waals surface area contributed by atoms with Crippen LogP contribution in [-0.2, 0) is 4.79 Å². The second kappa shape index (κ2) is 9.70. The quantitative estimate of drug-likeness (QED) is 0.488. The van der Waals surface area contributed by atoms with Crippen LogP contribution in [0.2, 0.25) is 5.02 Å². The fourth-order valence-electron chi connectivity index (χ4n) is 3.22. The van der Waals surface area contributed by atoms with Gasteiger partial charge in [0.25, 0.3) is 11.5 Å². The number of thiazole rings is 1. The van der Waals surface area contributed by atoms with Crippen LogP contribution in [0, 0.1) is 18.3 Å². The van der Waals surface area contributed by atoms with Crippen LogP contribution >= 0.6 is 22.9 Å². The number of nitrogens with one attached hydrogen (secondary N) is 1. The van der Waals surface area contributed by atoms with Crippen molar-refractivity contribution in [1.82, 2.24) is 4.57 Å². The molecular weight excluding hydrogens is 454 g/mol. The molecule has 0 saturated heterocycles. The summed E-state index contributed by atoms with van der Waals surface area (Å²) >= 11 is 7.25. The Kier molecular flexibility index (Phi) is 6.55. The Morgan fingerprint density at radius 3 is 2.36 bits per heavy atom. The lowest BCUT2D eigenvalue weighted by molar-refractivity contribution is -0.111. The predicted molar refractivity (Wildman–Crippen MR) is 133 cm³/mol. The molecule has 0 aliphatic rings. The summed E-state index contributed by atoms with van der Waals surface area (Å²) in [5.41, 5.74) is 2.43. The average Bonchev–Trinajstić information content (AvgIpc) is 3.13. The van der Waals surface area contributed by atoms with Gasteiger partial charge in [0.2, 0.25) is 0 Å². The number of hydrogen-bond acceptors (Lipinski definition) is 4. The van der Waals surface area contributed by atoms with Gasteiger partial charge in [-0.2, -0.15) is 5.26 Å². The van der Waals surface area contributed by atoms with E-state index < -0.39 is 5.91 Å². The molecule has 0 bridgehead atoms. The number of halogens is 1. The SMILES string of the molecule is Cc1ccc(C=c2sc(=C(C#N)C(=O)Nc3ccccc3Cl)n(-c3ccccc3)c2=O)cc1. The normalized spacial score (nSPS) is 12.2. The number of hydrogen-bond donors (Lipinski definition) is 1. The predicted octanol–water partition coefficient (Wildman–Crippen LogP) is 4.00. The third-order valence-electron chi connectivity index (χ3n) is 4.89. The van der Waals surface area contributed by atoms with Crippen LogP contribution in [0.1, 0.15) is 11.1 Å². The van der Waals surface area contributed by atoms with Gasteiger partial charge >= 0.3 is 0 Å². The first kappa shape index (κ1) is 22.3. The minimum absolute atomic E-state index is 0.176. The van der Waals surface area contributed by atoms with E-state index in [1.165, 1.54) is 4.57 Å². The van der Waals surface area contributed by atoms with E-state index in [2.05, 4.69) is 5.32 Å². The molecule has 4 rings (SSSR count). The minimum atomic E-state index is -0.640. The molecule has 1 N–H and O–H groups in total. The molecule has 0 unspecified atom stereocenters. The molecule has 0 atom stereocenters. The summed E-state index contributed by atoms with van der Waals surface area (Å²) < 4.78 is 2.06. The molecule has 0 aliphatic heterocycles. The van der Waals surface area contributed by atoms with E-state index in [-0.39, 0.29) is 15.8 Å². The summed E-state index contributed by atoms with van der Waals surface area (Å²) in [4.78, 5) is 26.4. The first-order valence-electron chi connectivity index (χ1n) is 10.0. The van der Waals surface area contributed by atoms with Crippen molar-refractivity contribution < 1.29 is 4.79 Å². The molecule has 1 heterocycles. The third-order valence-corrected chi connectivity index (χ3v) is 6.31. The van der Waals surface area contributed by atoms with Gasteiger partial charge < -0.3 is 5.32 Å². The van der Waals surface area contributed by atoms with E-state index in [1.54, 1.807) is 54.6 Å². The zero-order valence-electron chi connectivity index (χ0n) is 17.6.